The summed E-state index contributed by atoms with van der Waals surface area (Å²) in [4.78, 5) is 12.4. The number of carbonyl (C=O) groups is 1. The van der Waals surface area contributed by atoms with Gasteiger partial charge in [-0.15, -0.1) is 0 Å². The van der Waals surface area contributed by atoms with Gasteiger partial charge in [0.05, 0.1) is 0 Å². The van der Waals surface area contributed by atoms with E-state index in [2.05, 4.69) is 46.8 Å². The third-order valence-electron chi connectivity index (χ3n) is 4.03. The monoisotopic (exact) mass is 390 g/mol. The van der Waals surface area contributed by atoms with Crippen molar-refractivity contribution in [1.82, 2.24) is 0 Å². The molecule has 0 saturated heterocycles. The molecule has 0 atom stereocenters. The highest BCUT2D eigenvalue weighted by atomic mass is 16.5. The summed E-state index contributed by atoms with van der Waals surface area (Å²) >= 11 is 0. The molecular weight excluding hydrogens is 360 g/mol. The van der Waals surface area contributed by atoms with Gasteiger partial charge in [-0.05, 0) is 78.1 Å². The second kappa shape index (κ2) is 10.5. The van der Waals surface area contributed by atoms with Gasteiger partial charge in [0, 0.05) is 11.1 Å². The Morgan fingerprint density at radius 3 is 1.48 bits per heavy atom. The van der Waals surface area contributed by atoms with Gasteiger partial charge in [-0.2, -0.15) is 0 Å². The summed E-state index contributed by atoms with van der Waals surface area (Å²) in [5.41, 5.74) is 2.38. The fourth-order valence-corrected chi connectivity index (χ4v) is 2.51. The van der Waals surface area contributed by atoms with Crippen LogP contribution in [0.15, 0.2) is 72.8 Å². The number of hydrogen-bond donors (Lipinski definition) is 1. The molecule has 0 bridgehead atoms. The second-order valence-corrected chi connectivity index (χ2v) is 7.96. The van der Waals surface area contributed by atoms with Gasteiger partial charge in [0.25, 0.3) is 0 Å². The van der Waals surface area contributed by atoms with Crippen LogP contribution in [0.4, 0.5) is 0 Å². The number of carbonyl (C=O) groups excluding carboxylic acids is 1. The van der Waals surface area contributed by atoms with E-state index < -0.39 is 0 Å². The minimum atomic E-state index is -0.0900. The van der Waals surface area contributed by atoms with Crippen LogP contribution in [-0.2, 0) is 0 Å². The van der Waals surface area contributed by atoms with E-state index in [9.17, 15) is 9.90 Å². The molecule has 3 aromatic carbocycles. The van der Waals surface area contributed by atoms with E-state index in [1.807, 2.05) is 12.1 Å². The molecule has 3 aromatic rings. The molecule has 0 aromatic heterocycles. The minimum Gasteiger partial charge on any atom is -0.508 e. The molecule has 0 aliphatic heterocycles. The quantitative estimate of drug-likeness (QED) is 0.468. The first-order valence-corrected chi connectivity index (χ1v) is 9.98. The molecule has 3 heteroatoms. The largest absolute Gasteiger partial charge is 0.508 e. The van der Waals surface area contributed by atoms with Crippen LogP contribution in [-0.4, -0.2) is 10.9 Å². The van der Waals surface area contributed by atoms with Crippen LogP contribution >= 0.6 is 0 Å². The molecule has 3 rings (SSSR count). The lowest BCUT2D eigenvalue weighted by atomic mass is 10.0. The topological polar surface area (TPSA) is 46.5 Å². The van der Waals surface area contributed by atoms with Crippen molar-refractivity contribution in [3.63, 3.8) is 0 Å². The maximum atomic E-state index is 12.4. The van der Waals surface area contributed by atoms with E-state index >= 15 is 0 Å². The summed E-state index contributed by atoms with van der Waals surface area (Å²) in [5.74, 6) is 2.82. The normalized spacial score (nSPS) is 10.4. The van der Waals surface area contributed by atoms with Crippen LogP contribution in [0, 0.1) is 5.92 Å². The minimum absolute atomic E-state index is 0.0900. The first kappa shape index (κ1) is 22.2. The number of aromatic hydroxyl groups is 1. The van der Waals surface area contributed by atoms with E-state index in [4.69, 9.17) is 4.74 Å². The summed E-state index contributed by atoms with van der Waals surface area (Å²) in [6.07, 6.45) is 0. The lowest BCUT2D eigenvalue weighted by Gasteiger charge is -2.09. The van der Waals surface area contributed by atoms with Crippen molar-refractivity contribution in [2.75, 3.05) is 0 Å². The molecule has 0 unspecified atom stereocenters. The number of ether oxygens (including phenoxy) is 1. The predicted octanol–water partition coefficient (Wildman–Crippen LogP) is 7.20. The Balaban J connectivity index is 0.000000687. The highest BCUT2D eigenvalue weighted by molar-refractivity contribution is 6.09. The van der Waals surface area contributed by atoms with E-state index in [0.29, 0.717) is 22.8 Å². The zero-order chi connectivity index (χ0) is 21.4. The summed E-state index contributed by atoms with van der Waals surface area (Å²) in [6.45, 7) is 10.8. The van der Waals surface area contributed by atoms with Crippen molar-refractivity contribution in [2.45, 2.75) is 40.5 Å². The van der Waals surface area contributed by atoms with Gasteiger partial charge in [0.15, 0.2) is 5.78 Å². The molecule has 0 aliphatic carbocycles. The van der Waals surface area contributed by atoms with Crippen LogP contribution < -0.4 is 4.74 Å². The Labute approximate surface area is 174 Å². The molecule has 0 heterocycles. The van der Waals surface area contributed by atoms with Gasteiger partial charge in [-0.25, -0.2) is 0 Å². The highest BCUT2D eigenvalue weighted by Crippen LogP contribution is 2.25. The Morgan fingerprint density at radius 2 is 1.07 bits per heavy atom. The number of phenols is 1. The number of ketones is 1. The van der Waals surface area contributed by atoms with Gasteiger partial charge < -0.3 is 9.84 Å². The van der Waals surface area contributed by atoms with Gasteiger partial charge >= 0.3 is 0 Å². The van der Waals surface area contributed by atoms with Gasteiger partial charge in [0.1, 0.15) is 17.2 Å². The zero-order valence-electron chi connectivity index (χ0n) is 17.8. The average Bonchev–Trinajstić information content (AvgIpc) is 2.69. The number of benzene rings is 3. The van der Waals surface area contributed by atoms with Crippen molar-refractivity contribution < 1.29 is 14.6 Å². The van der Waals surface area contributed by atoms with E-state index in [1.165, 1.54) is 17.7 Å². The summed E-state index contributed by atoms with van der Waals surface area (Å²) < 4.78 is 5.82. The summed E-state index contributed by atoms with van der Waals surface area (Å²) in [7, 11) is 0. The highest BCUT2D eigenvalue weighted by Gasteiger charge is 2.09. The SMILES string of the molecule is CC(C)C.CC(C)c1ccc(Oc2ccc(C(=O)c3ccc(O)cc3)cc2)cc1. The molecule has 1 N–H and O–H groups in total. The van der Waals surface area contributed by atoms with Crippen LogP contribution in [0.1, 0.15) is 62.0 Å². The van der Waals surface area contributed by atoms with E-state index in [1.54, 1.807) is 36.4 Å². The van der Waals surface area contributed by atoms with Gasteiger partial charge in [-0.1, -0.05) is 46.8 Å². The van der Waals surface area contributed by atoms with Crippen molar-refractivity contribution in [3.05, 3.63) is 89.5 Å². The fraction of sp³-hybridized carbons (Fsp3) is 0.269. The Bertz CT molecular complexity index is 887. The third kappa shape index (κ3) is 7.11. The molecule has 152 valence electrons. The summed E-state index contributed by atoms with van der Waals surface area (Å²) in [6, 6.07) is 21.3. The molecule has 0 spiro atoms. The third-order valence-corrected chi connectivity index (χ3v) is 4.03. The first-order valence-electron chi connectivity index (χ1n) is 9.98. The maximum absolute atomic E-state index is 12.4. The van der Waals surface area contributed by atoms with Crippen molar-refractivity contribution in [3.8, 4) is 17.2 Å². The van der Waals surface area contributed by atoms with Gasteiger partial charge in [0.2, 0.25) is 0 Å². The lowest BCUT2D eigenvalue weighted by molar-refractivity contribution is 0.103. The first-order chi connectivity index (χ1) is 13.8. The average molecular weight is 391 g/mol. The molecule has 0 saturated carbocycles. The molecule has 29 heavy (non-hydrogen) atoms. The van der Waals surface area contributed by atoms with Crippen molar-refractivity contribution in [1.29, 1.82) is 0 Å². The number of rotatable bonds is 5. The molecule has 0 fully saturated rings. The molecule has 0 radical (unpaired) electrons. The Morgan fingerprint density at radius 1 is 0.690 bits per heavy atom. The molecule has 3 nitrogen and oxygen atoms in total. The lowest BCUT2D eigenvalue weighted by Crippen LogP contribution is -2.00. The summed E-state index contributed by atoms with van der Waals surface area (Å²) in [5, 5.41) is 9.31. The molecular formula is C26H30O3. The van der Waals surface area contributed by atoms with E-state index in [0.717, 1.165) is 11.7 Å². The van der Waals surface area contributed by atoms with Crippen LogP contribution in [0.3, 0.4) is 0 Å². The smallest absolute Gasteiger partial charge is 0.193 e. The standard InChI is InChI=1S/C22H20O3.C4H10/c1-15(2)16-5-11-20(12-6-16)25-21-13-7-18(8-14-21)22(24)17-3-9-19(23)10-4-17;1-4(2)3/h3-15,23H,1-2H3;4H,1-3H3. The maximum Gasteiger partial charge on any atom is 0.193 e. The Kier molecular flexibility index (Phi) is 8.02. The van der Waals surface area contributed by atoms with Crippen molar-refractivity contribution >= 4 is 5.78 Å². The fourth-order valence-electron chi connectivity index (χ4n) is 2.51. The predicted molar refractivity (Wildman–Crippen MR) is 119 cm³/mol. The van der Waals surface area contributed by atoms with Crippen LogP contribution in [0.2, 0.25) is 0 Å². The Hall–Kier alpha value is -3.07. The van der Waals surface area contributed by atoms with Crippen LogP contribution in [0.5, 0.6) is 17.2 Å². The second-order valence-electron chi connectivity index (χ2n) is 7.96. The van der Waals surface area contributed by atoms with Crippen molar-refractivity contribution in [2.24, 2.45) is 5.92 Å². The van der Waals surface area contributed by atoms with E-state index in [-0.39, 0.29) is 11.5 Å². The van der Waals surface area contributed by atoms with Gasteiger partial charge in [-0.3, -0.25) is 4.79 Å². The molecule has 0 amide bonds. The number of hydrogen-bond acceptors (Lipinski definition) is 3. The zero-order valence-corrected chi connectivity index (χ0v) is 17.8. The number of phenolic OH excluding ortho intramolecular Hbond substituents is 1. The van der Waals surface area contributed by atoms with Crippen LogP contribution in [0.25, 0.3) is 0 Å². The molecule has 0 aliphatic rings.